The molecule has 0 aliphatic carbocycles. The number of aromatic amines is 1. The molecular formula is C15H13ClFN3O3S. The SMILES string of the molecule is COc1nc(OC)c(N[S+]([O-])c2c[nH]c3cc(Cl)ccc23)cc1F. The number of H-pyrrole nitrogens is 1. The van der Waals surface area contributed by atoms with Gasteiger partial charge in [0.2, 0.25) is 10.8 Å². The maximum atomic E-state index is 13.9. The van der Waals surface area contributed by atoms with Gasteiger partial charge in [-0.2, -0.15) is 9.71 Å². The zero-order valence-corrected chi connectivity index (χ0v) is 14.3. The molecule has 0 aliphatic rings. The number of hydrogen-bond donors (Lipinski definition) is 2. The van der Waals surface area contributed by atoms with Crippen LogP contribution in [0.2, 0.25) is 5.02 Å². The summed E-state index contributed by atoms with van der Waals surface area (Å²) in [5.74, 6) is -0.821. The van der Waals surface area contributed by atoms with Crippen molar-refractivity contribution in [2.24, 2.45) is 0 Å². The van der Waals surface area contributed by atoms with E-state index in [4.69, 9.17) is 21.1 Å². The minimum atomic E-state index is -1.66. The summed E-state index contributed by atoms with van der Waals surface area (Å²) in [5, 5.41) is 1.31. The highest BCUT2D eigenvalue weighted by Gasteiger charge is 2.22. The third kappa shape index (κ3) is 3.08. The summed E-state index contributed by atoms with van der Waals surface area (Å²) in [6.45, 7) is 0. The van der Waals surface area contributed by atoms with Crippen molar-refractivity contribution in [3.63, 3.8) is 0 Å². The molecule has 0 aliphatic heterocycles. The molecule has 3 aromatic rings. The lowest BCUT2D eigenvalue weighted by Crippen LogP contribution is -2.14. The van der Waals surface area contributed by atoms with Gasteiger partial charge < -0.3 is 19.0 Å². The van der Waals surface area contributed by atoms with E-state index in [0.29, 0.717) is 9.92 Å². The highest BCUT2D eigenvalue weighted by molar-refractivity contribution is 7.93. The smallest absolute Gasteiger partial charge is 0.253 e. The molecule has 24 heavy (non-hydrogen) atoms. The lowest BCUT2D eigenvalue weighted by Gasteiger charge is -2.13. The Morgan fingerprint density at radius 1 is 1.25 bits per heavy atom. The van der Waals surface area contributed by atoms with E-state index in [2.05, 4.69) is 14.7 Å². The molecule has 9 heteroatoms. The largest absolute Gasteiger partial charge is 0.588 e. The topological polar surface area (TPSA) is 82.2 Å². The number of fused-ring (bicyclic) bond motifs is 1. The zero-order valence-electron chi connectivity index (χ0n) is 12.7. The predicted octanol–water partition coefficient (Wildman–Crippen LogP) is 3.51. The molecule has 2 N–H and O–H groups in total. The van der Waals surface area contributed by atoms with Crippen molar-refractivity contribution >= 4 is 39.6 Å². The molecular weight excluding hydrogens is 357 g/mol. The number of halogens is 2. The lowest BCUT2D eigenvalue weighted by molar-refractivity contribution is 0.346. The van der Waals surface area contributed by atoms with Crippen molar-refractivity contribution in [1.29, 1.82) is 0 Å². The number of rotatable bonds is 5. The minimum absolute atomic E-state index is 0.0736. The van der Waals surface area contributed by atoms with Gasteiger partial charge in [-0.15, -0.1) is 0 Å². The van der Waals surface area contributed by atoms with Gasteiger partial charge in [-0.1, -0.05) is 11.6 Å². The van der Waals surface area contributed by atoms with E-state index in [0.717, 1.165) is 17.0 Å². The van der Waals surface area contributed by atoms with Gasteiger partial charge >= 0.3 is 0 Å². The number of aromatic nitrogens is 2. The van der Waals surface area contributed by atoms with Crippen molar-refractivity contribution in [3.05, 3.63) is 41.3 Å². The number of anilines is 1. The number of nitrogens with one attached hydrogen (secondary N) is 2. The summed E-state index contributed by atoms with van der Waals surface area (Å²) in [7, 11) is 2.68. The van der Waals surface area contributed by atoms with Gasteiger partial charge in [-0.25, -0.2) is 4.39 Å². The molecule has 0 saturated heterocycles. The molecule has 3 rings (SSSR count). The molecule has 0 saturated carbocycles. The fourth-order valence-electron chi connectivity index (χ4n) is 2.21. The number of benzene rings is 1. The van der Waals surface area contributed by atoms with Gasteiger partial charge in [0, 0.05) is 11.1 Å². The van der Waals surface area contributed by atoms with E-state index in [1.165, 1.54) is 14.2 Å². The van der Waals surface area contributed by atoms with Crippen LogP contribution in [0.15, 0.2) is 35.4 Å². The number of nitrogens with zero attached hydrogens (tertiary/aromatic N) is 1. The van der Waals surface area contributed by atoms with Crippen LogP contribution in [0.3, 0.4) is 0 Å². The molecule has 2 aromatic heterocycles. The Bertz CT molecular complexity index is 890. The van der Waals surface area contributed by atoms with Crippen LogP contribution in [0.5, 0.6) is 11.8 Å². The van der Waals surface area contributed by atoms with Crippen LogP contribution in [0, 0.1) is 5.82 Å². The van der Waals surface area contributed by atoms with Crippen LogP contribution in [0.1, 0.15) is 0 Å². The Morgan fingerprint density at radius 3 is 2.71 bits per heavy atom. The molecule has 0 bridgehead atoms. The molecule has 1 unspecified atom stereocenters. The second-order valence-corrected chi connectivity index (χ2v) is 6.37. The molecule has 1 aromatic carbocycles. The highest BCUT2D eigenvalue weighted by Crippen LogP contribution is 2.32. The van der Waals surface area contributed by atoms with Crippen LogP contribution in [0.25, 0.3) is 10.9 Å². The second kappa shape index (κ2) is 6.76. The van der Waals surface area contributed by atoms with Crippen LogP contribution >= 0.6 is 11.6 Å². The van der Waals surface area contributed by atoms with Crippen molar-refractivity contribution in [1.82, 2.24) is 9.97 Å². The summed E-state index contributed by atoms with van der Waals surface area (Å²) in [4.78, 5) is 7.37. The average Bonchev–Trinajstić information content (AvgIpc) is 2.98. The fraction of sp³-hybridized carbons (Fsp3) is 0.133. The predicted molar refractivity (Wildman–Crippen MR) is 90.6 cm³/mol. The molecule has 1 atom stereocenters. The van der Waals surface area contributed by atoms with E-state index < -0.39 is 17.2 Å². The summed E-state index contributed by atoms with van der Waals surface area (Å²) < 4.78 is 39.1. The van der Waals surface area contributed by atoms with E-state index in [-0.39, 0.29) is 17.4 Å². The van der Waals surface area contributed by atoms with Crippen LogP contribution in [0.4, 0.5) is 10.1 Å². The third-order valence-corrected chi connectivity index (χ3v) is 4.68. The standard InChI is InChI=1S/C15H13ClFN3O3S/c1-22-14-10(17)6-12(15(19-14)23-2)20-24(21)13-7-18-11-5-8(16)3-4-9(11)13/h3-7,18,20H,1-2H3. The molecule has 0 spiro atoms. The van der Waals surface area contributed by atoms with Crippen LogP contribution in [-0.2, 0) is 11.4 Å². The summed E-state index contributed by atoms with van der Waals surface area (Å²) in [6.07, 6.45) is 1.60. The minimum Gasteiger partial charge on any atom is -0.588 e. The summed E-state index contributed by atoms with van der Waals surface area (Å²) in [6, 6.07) is 6.31. The van der Waals surface area contributed by atoms with E-state index in [1.54, 1.807) is 24.4 Å². The quantitative estimate of drug-likeness (QED) is 0.672. The maximum absolute atomic E-state index is 13.9. The number of ether oxygens (including phenoxy) is 2. The van der Waals surface area contributed by atoms with Gasteiger partial charge in [0.05, 0.1) is 31.3 Å². The summed E-state index contributed by atoms with van der Waals surface area (Å²) in [5.41, 5.74) is 0.899. The van der Waals surface area contributed by atoms with E-state index in [9.17, 15) is 8.94 Å². The normalized spacial score (nSPS) is 12.2. The molecule has 6 nitrogen and oxygen atoms in total. The van der Waals surface area contributed by atoms with Gasteiger partial charge in [0.1, 0.15) is 17.0 Å². The Hall–Kier alpha value is -2.16. The van der Waals surface area contributed by atoms with Gasteiger partial charge in [0.15, 0.2) is 5.82 Å². The van der Waals surface area contributed by atoms with Crippen LogP contribution in [-0.4, -0.2) is 28.7 Å². The second-order valence-electron chi connectivity index (χ2n) is 4.75. The molecule has 0 radical (unpaired) electrons. The number of pyridine rings is 1. The molecule has 126 valence electrons. The van der Waals surface area contributed by atoms with Gasteiger partial charge in [0.25, 0.3) is 5.88 Å². The Morgan fingerprint density at radius 2 is 2.00 bits per heavy atom. The first-order valence-electron chi connectivity index (χ1n) is 6.77. The van der Waals surface area contributed by atoms with E-state index in [1.807, 2.05) is 0 Å². The Balaban J connectivity index is 1.94. The van der Waals surface area contributed by atoms with Crippen molar-refractivity contribution in [2.75, 3.05) is 18.9 Å². The monoisotopic (exact) mass is 369 g/mol. The third-order valence-electron chi connectivity index (χ3n) is 3.30. The van der Waals surface area contributed by atoms with E-state index >= 15 is 0 Å². The van der Waals surface area contributed by atoms with Gasteiger partial charge in [-0.05, 0) is 18.2 Å². The number of hydrogen-bond acceptors (Lipinski definition) is 5. The average molecular weight is 370 g/mol. The van der Waals surface area contributed by atoms with Crippen LogP contribution < -0.4 is 14.2 Å². The first-order chi connectivity index (χ1) is 11.5. The zero-order chi connectivity index (χ0) is 17.3. The Labute approximate surface area is 145 Å². The molecule has 0 amide bonds. The first-order valence-corrected chi connectivity index (χ1v) is 8.30. The molecule has 2 heterocycles. The molecule has 0 fully saturated rings. The maximum Gasteiger partial charge on any atom is 0.253 e. The summed E-state index contributed by atoms with van der Waals surface area (Å²) >= 11 is 4.27. The fourth-order valence-corrected chi connectivity index (χ4v) is 3.38. The number of methoxy groups -OCH3 is 2. The van der Waals surface area contributed by atoms with Crippen molar-refractivity contribution in [2.45, 2.75) is 4.90 Å². The Kier molecular flexibility index (Phi) is 4.70. The van der Waals surface area contributed by atoms with Gasteiger partial charge in [-0.3, -0.25) is 0 Å². The lowest BCUT2D eigenvalue weighted by atomic mass is 10.2. The first kappa shape index (κ1) is 16.7. The highest BCUT2D eigenvalue weighted by atomic mass is 35.5. The van der Waals surface area contributed by atoms with Crippen molar-refractivity contribution < 1.29 is 18.4 Å². The van der Waals surface area contributed by atoms with Crippen molar-refractivity contribution in [3.8, 4) is 11.8 Å².